The van der Waals surface area contributed by atoms with E-state index < -0.39 is 11.0 Å². The van der Waals surface area contributed by atoms with E-state index in [1.54, 1.807) is 0 Å². The molecule has 0 spiro atoms. The predicted molar refractivity (Wildman–Crippen MR) is 55.7 cm³/mol. The summed E-state index contributed by atoms with van der Waals surface area (Å²) in [5, 5.41) is 0.0218. The molecule has 0 saturated carbocycles. The van der Waals surface area contributed by atoms with E-state index in [1.807, 2.05) is 0 Å². The minimum absolute atomic E-state index is 0.0218. The summed E-state index contributed by atoms with van der Waals surface area (Å²) in [6, 6.07) is 4.06. The van der Waals surface area contributed by atoms with Crippen molar-refractivity contribution >= 4 is 27.5 Å². The van der Waals surface area contributed by atoms with Crippen molar-refractivity contribution in [2.45, 2.75) is 11.0 Å². The highest BCUT2D eigenvalue weighted by Gasteiger charge is 2.39. The average molecular weight is 304 g/mol. The highest BCUT2D eigenvalue weighted by Crippen LogP contribution is 2.42. The van der Waals surface area contributed by atoms with Gasteiger partial charge in [-0.15, -0.1) is 0 Å². The number of hydrogen-bond donors (Lipinski definition) is 0. The Bertz CT molecular complexity index is 354. The van der Waals surface area contributed by atoms with Crippen LogP contribution in [-0.4, -0.2) is 13.3 Å². The van der Waals surface area contributed by atoms with Crippen LogP contribution < -0.4 is 4.74 Å². The highest BCUT2D eigenvalue weighted by molar-refractivity contribution is 9.09. The monoisotopic (exact) mass is 302 g/mol. The Morgan fingerprint density at radius 2 is 2.00 bits per heavy atom. The summed E-state index contributed by atoms with van der Waals surface area (Å²) in [7, 11) is 1.42. The topological polar surface area (TPSA) is 9.23 Å². The molecular formula is C9H7BrClF3O. The summed E-state index contributed by atoms with van der Waals surface area (Å²) in [4.78, 5) is -1.76. The zero-order valence-corrected chi connectivity index (χ0v) is 9.95. The second-order valence-electron chi connectivity index (χ2n) is 2.79. The van der Waals surface area contributed by atoms with Crippen LogP contribution in [-0.2, 0) is 0 Å². The number of hydrogen-bond acceptors (Lipinski definition) is 1. The lowest BCUT2D eigenvalue weighted by Gasteiger charge is -2.15. The Hall–Kier alpha value is -0.420. The zero-order valence-electron chi connectivity index (χ0n) is 7.61. The first-order chi connectivity index (χ1) is 6.86. The molecule has 0 aliphatic carbocycles. The molecule has 1 nitrogen and oxygen atoms in total. The van der Waals surface area contributed by atoms with E-state index in [2.05, 4.69) is 15.9 Å². The molecule has 0 heterocycles. The van der Waals surface area contributed by atoms with Crippen molar-refractivity contribution in [1.29, 1.82) is 0 Å². The van der Waals surface area contributed by atoms with E-state index in [9.17, 15) is 13.2 Å². The van der Waals surface area contributed by atoms with E-state index in [-0.39, 0.29) is 10.6 Å². The van der Waals surface area contributed by atoms with Gasteiger partial charge in [-0.2, -0.15) is 13.2 Å². The number of alkyl halides is 4. The molecule has 0 aromatic heterocycles. The van der Waals surface area contributed by atoms with Crippen LogP contribution in [0.25, 0.3) is 0 Å². The molecule has 1 unspecified atom stereocenters. The molecule has 6 heteroatoms. The summed E-state index contributed by atoms with van der Waals surface area (Å²) in [6.07, 6.45) is -4.36. The fourth-order valence-electron chi connectivity index (χ4n) is 1.02. The van der Waals surface area contributed by atoms with Gasteiger partial charge < -0.3 is 4.74 Å². The molecule has 1 atom stereocenters. The number of benzene rings is 1. The van der Waals surface area contributed by atoms with Gasteiger partial charge in [0.1, 0.15) is 10.6 Å². The third-order valence-electron chi connectivity index (χ3n) is 1.77. The van der Waals surface area contributed by atoms with Gasteiger partial charge in [0.2, 0.25) is 0 Å². The van der Waals surface area contributed by atoms with Crippen LogP contribution in [0.15, 0.2) is 18.2 Å². The summed E-state index contributed by atoms with van der Waals surface area (Å²) >= 11 is 8.25. The number of halogens is 5. The Morgan fingerprint density at radius 3 is 2.40 bits per heavy atom. The SMILES string of the molecule is COc1ccc(C(Br)C(F)(F)F)c(Cl)c1. The minimum Gasteiger partial charge on any atom is -0.497 e. The first-order valence-corrected chi connectivity index (χ1v) is 5.20. The van der Waals surface area contributed by atoms with Crippen LogP contribution in [0, 0.1) is 0 Å². The van der Waals surface area contributed by atoms with Crippen LogP contribution in [0.4, 0.5) is 13.2 Å². The highest BCUT2D eigenvalue weighted by atomic mass is 79.9. The van der Waals surface area contributed by atoms with Crippen molar-refractivity contribution in [3.8, 4) is 5.75 Å². The third kappa shape index (κ3) is 3.01. The van der Waals surface area contributed by atoms with E-state index in [4.69, 9.17) is 16.3 Å². The van der Waals surface area contributed by atoms with Gasteiger partial charge in [0.05, 0.1) is 7.11 Å². The molecule has 1 rings (SSSR count). The molecule has 0 aliphatic heterocycles. The molecule has 84 valence electrons. The largest absolute Gasteiger partial charge is 0.497 e. The predicted octanol–water partition coefficient (Wildman–Crippen LogP) is 4.35. The van der Waals surface area contributed by atoms with Crippen LogP contribution in [0.2, 0.25) is 5.02 Å². The van der Waals surface area contributed by atoms with Crippen molar-refractivity contribution in [2.24, 2.45) is 0 Å². The van der Waals surface area contributed by atoms with E-state index in [0.717, 1.165) is 0 Å². The molecular weight excluding hydrogens is 296 g/mol. The molecule has 0 fully saturated rings. The lowest BCUT2D eigenvalue weighted by atomic mass is 10.1. The maximum absolute atomic E-state index is 12.4. The van der Waals surface area contributed by atoms with E-state index >= 15 is 0 Å². The molecule has 0 amide bonds. The number of ether oxygens (including phenoxy) is 1. The standard InChI is InChI=1S/C9H7BrClF3O/c1-15-5-2-3-6(7(11)4-5)8(10)9(12,13)14/h2-4,8H,1H3. The lowest BCUT2D eigenvalue weighted by molar-refractivity contribution is -0.128. The molecule has 0 N–H and O–H groups in total. The summed E-state index contributed by atoms with van der Waals surface area (Å²) < 4.78 is 41.9. The zero-order chi connectivity index (χ0) is 11.6. The van der Waals surface area contributed by atoms with Crippen molar-refractivity contribution in [3.05, 3.63) is 28.8 Å². The Kier molecular flexibility index (Phi) is 3.89. The van der Waals surface area contributed by atoms with Crippen molar-refractivity contribution < 1.29 is 17.9 Å². The Morgan fingerprint density at radius 1 is 1.40 bits per heavy atom. The summed E-state index contributed by atoms with van der Waals surface area (Å²) in [5.41, 5.74) is -0.0232. The Labute approximate surface area is 98.3 Å². The molecule has 15 heavy (non-hydrogen) atoms. The fourth-order valence-corrected chi connectivity index (χ4v) is 1.83. The molecule has 1 aromatic carbocycles. The van der Waals surface area contributed by atoms with E-state index in [1.165, 1.54) is 25.3 Å². The smallest absolute Gasteiger partial charge is 0.405 e. The second kappa shape index (κ2) is 4.61. The van der Waals surface area contributed by atoms with Gasteiger partial charge in [-0.25, -0.2) is 0 Å². The minimum atomic E-state index is -4.36. The molecule has 0 radical (unpaired) electrons. The van der Waals surface area contributed by atoms with Gasteiger partial charge in [-0.05, 0) is 17.7 Å². The van der Waals surface area contributed by atoms with Crippen molar-refractivity contribution in [3.63, 3.8) is 0 Å². The van der Waals surface area contributed by atoms with Gasteiger partial charge >= 0.3 is 6.18 Å². The van der Waals surface area contributed by atoms with E-state index in [0.29, 0.717) is 5.75 Å². The lowest BCUT2D eigenvalue weighted by Crippen LogP contribution is -2.15. The van der Waals surface area contributed by atoms with Gasteiger partial charge in [-0.1, -0.05) is 33.6 Å². The Balaban J connectivity index is 3.06. The van der Waals surface area contributed by atoms with Crippen LogP contribution >= 0.6 is 27.5 Å². The van der Waals surface area contributed by atoms with Crippen LogP contribution in [0.1, 0.15) is 10.4 Å². The third-order valence-corrected chi connectivity index (χ3v) is 3.11. The van der Waals surface area contributed by atoms with Gasteiger partial charge in [0, 0.05) is 5.02 Å². The summed E-state index contributed by atoms with van der Waals surface area (Å²) in [5.74, 6) is 0.422. The molecule has 0 bridgehead atoms. The fraction of sp³-hybridized carbons (Fsp3) is 0.333. The molecule has 1 aromatic rings. The molecule has 0 aliphatic rings. The van der Waals surface area contributed by atoms with Crippen molar-refractivity contribution in [2.75, 3.05) is 7.11 Å². The number of rotatable bonds is 2. The van der Waals surface area contributed by atoms with Crippen LogP contribution in [0.3, 0.4) is 0 Å². The molecule has 0 saturated heterocycles. The van der Waals surface area contributed by atoms with Gasteiger partial charge in [0.25, 0.3) is 0 Å². The quantitative estimate of drug-likeness (QED) is 0.738. The first-order valence-electron chi connectivity index (χ1n) is 3.90. The van der Waals surface area contributed by atoms with Crippen molar-refractivity contribution in [1.82, 2.24) is 0 Å². The summed E-state index contributed by atoms with van der Waals surface area (Å²) in [6.45, 7) is 0. The van der Waals surface area contributed by atoms with Gasteiger partial charge in [0.15, 0.2) is 0 Å². The maximum Gasteiger partial charge on any atom is 0.405 e. The van der Waals surface area contributed by atoms with Crippen LogP contribution in [0.5, 0.6) is 5.75 Å². The average Bonchev–Trinajstić information content (AvgIpc) is 2.15. The number of methoxy groups -OCH3 is 1. The van der Waals surface area contributed by atoms with Gasteiger partial charge in [-0.3, -0.25) is 0 Å². The first kappa shape index (κ1) is 12.6. The maximum atomic E-state index is 12.4. The normalized spacial score (nSPS) is 13.7. The second-order valence-corrected chi connectivity index (χ2v) is 4.11.